The first-order valence-corrected chi connectivity index (χ1v) is 4.92. The lowest BCUT2D eigenvalue weighted by atomic mass is 10.2. The summed E-state index contributed by atoms with van der Waals surface area (Å²) >= 11 is 0. The van der Waals surface area contributed by atoms with Crippen LogP contribution in [0.4, 0.5) is 0 Å². The Bertz CT molecular complexity index is 385. The number of carbonyl (C=O) groups is 1. The van der Waals surface area contributed by atoms with Gasteiger partial charge in [0.05, 0.1) is 12.2 Å². The van der Waals surface area contributed by atoms with Crippen LogP contribution in [0, 0.1) is 5.92 Å². The quantitative estimate of drug-likeness (QED) is 0.781. The summed E-state index contributed by atoms with van der Waals surface area (Å²) in [5.74, 6) is 0.468. The van der Waals surface area contributed by atoms with E-state index in [0.717, 1.165) is 0 Å². The number of phenols is 1. The maximum atomic E-state index is 10.9. The van der Waals surface area contributed by atoms with Crippen molar-refractivity contribution >= 4 is 5.91 Å². The molecule has 0 bridgehead atoms. The molecule has 0 spiro atoms. The van der Waals surface area contributed by atoms with Crippen molar-refractivity contribution in [2.75, 3.05) is 6.61 Å². The molecule has 1 aromatic carbocycles. The molecule has 4 heteroatoms. The van der Waals surface area contributed by atoms with Gasteiger partial charge in [-0.3, -0.25) is 4.79 Å². The van der Waals surface area contributed by atoms with Gasteiger partial charge in [-0.25, -0.2) is 0 Å². The number of ether oxygens (including phenoxy) is 1. The molecule has 1 aliphatic rings. The zero-order chi connectivity index (χ0) is 10.8. The normalized spacial score (nSPS) is 14.9. The molecule has 80 valence electrons. The minimum atomic E-state index is -0.649. The number of carbonyl (C=O) groups excluding carboxylic acids is 1. The van der Waals surface area contributed by atoms with Gasteiger partial charge in [-0.15, -0.1) is 0 Å². The van der Waals surface area contributed by atoms with Gasteiger partial charge in [0.15, 0.2) is 0 Å². The minimum absolute atomic E-state index is 0.100. The average molecular weight is 207 g/mol. The van der Waals surface area contributed by atoms with Gasteiger partial charge >= 0.3 is 0 Å². The zero-order valence-electron chi connectivity index (χ0n) is 8.27. The number of amides is 1. The maximum Gasteiger partial charge on any atom is 0.252 e. The van der Waals surface area contributed by atoms with Crippen molar-refractivity contribution in [1.82, 2.24) is 0 Å². The molecular formula is C11H13NO3. The molecule has 0 aromatic heterocycles. The zero-order valence-corrected chi connectivity index (χ0v) is 8.27. The molecule has 0 radical (unpaired) electrons. The highest BCUT2D eigenvalue weighted by Crippen LogP contribution is 2.30. The highest BCUT2D eigenvalue weighted by Gasteiger charge is 2.22. The van der Waals surface area contributed by atoms with Crippen molar-refractivity contribution in [1.29, 1.82) is 0 Å². The number of nitrogens with two attached hydrogens (primary N) is 1. The number of aromatic hydroxyl groups is 1. The van der Waals surface area contributed by atoms with Crippen LogP contribution in [0.1, 0.15) is 23.2 Å². The molecule has 0 unspecified atom stereocenters. The smallest absolute Gasteiger partial charge is 0.252 e. The lowest BCUT2D eigenvalue weighted by molar-refractivity contribution is 0.0997. The fourth-order valence-corrected chi connectivity index (χ4v) is 1.30. The second kappa shape index (κ2) is 3.81. The Morgan fingerprint density at radius 1 is 1.53 bits per heavy atom. The first-order valence-electron chi connectivity index (χ1n) is 4.92. The van der Waals surface area contributed by atoms with Crippen LogP contribution in [0.15, 0.2) is 18.2 Å². The van der Waals surface area contributed by atoms with Crippen molar-refractivity contribution in [2.45, 2.75) is 12.8 Å². The van der Waals surface area contributed by atoms with E-state index >= 15 is 0 Å². The van der Waals surface area contributed by atoms with Crippen LogP contribution in [0.5, 0.6) is 11.5 Å². The average Bonchev–Trinajstić information content (AvgIpc) is 3.00. The molecule has 0 aliphatic heterocycles. The van der Waals surface area contributed by atoms with E-state index in [1.807, 2.05) is 0 Å². The van der Waals surface area contributed by atoms with Crippen LogP contribution in [0.3, 0.4) is 0 Å². The van der Waals surface area contributed by atoms with Crippen molar-refractivity contribution in [3.05, 3.63) is 23.8 Å². The van der Waals surface area contributed by atoms with Crippen LogP contribution >= 0.6 is 0 Å². The van der Waals surface area contributed by atoms with Crippen LogP contribution in [0.25, 0.3) is 0 Å². The van der Waals surface area contributed by atoms with Gasteiger partial charge in [0.25, 0.3) is 5.91 Å². The largest absolute Gasteiger partial charge is 0.507 e. The van der Waals surface area contributed by atoms with Gasteiger partial charge in [-0.2, -0.15) is 0 Å². The highest BCUT2D eigenvalue weighted by atomic mass is 16.5. The molecule has 1 saturated carbocycles. The van der Waals surface area contributed by atoms with E-state index in [-0.39, 0.29) is 11.3 Å². The lowest BCUT2D eigenvalue weighted by Gasteiger charge is -2.07. The molecule has 3 N–H and O–H groups in total. The predicted molar refractivity (Wildman–Crippen MR) is 54.8 cm³/mol. The lowest BCUT2D eigenvalue weighted by Crippen LogP contribution is -2.11. The number of primary amides is 1. The summed E-state index contributed by atoms with van der Waals surface area (Å²) in [6.07, 6.45) is 2.42. The standard InChI is InChI=1S/C11H13NO3/c12-11(14)9-5-8(3-4-10(9)13)15-6-7-1-2-7/h3-5,7,13H,1-2,6H2,(H2,12,14). The van der Waals surface area contributed by atoms with E-state index in [9.17, 15) is 9.90 Å². The van der Waals surface area contributed by atoms with Gasteiger partial charge in [-0.1, -0.05) is 0 Å². The summed E-state index contributed by atoms with van der Waals surface area (Å²) < 4.78 is 5.46. The van der Waals surface area contributed by atoms with Crippen LogP contribution < -0.4 is 10.5 Å². The third-order valence-electron chi connectivity index (χ3n) is 2.42. The molecule has 1 aliphatic carbocycles. The second-order valence-electron chi connectivity index (χ2n) is 3.80. The predicted octanol–water partition coefficient (Wildman–Crippen LogP) is 1.28. The molecule has 0 saturated heterocycles. The molecular weight excluding hydrogens is 194 g/mol. The number of hydrogen-bond acceptors (Lipinski definition) is 3. The number of benzene rings is 1. The first-order chi connectivity index (χ1) is 7.16. The Morgan fingerprint density at radius 3 is 2.87 bits per heavy atom. The summed E-state index contributed by atoms with van der Waals surface area (Å²) in [6.45, 7) is 0.670. The highest BCUT2D eigenvalue weighted by molar-refractivity contribution is 5.95. The summed E-state index contributed by atoms with van der Waals surface area (Å²) in [5, 5.41) is 9.34. The Labute approximate surface area is 87.7 Å². The third-order valence-corrected chi connectivity index (χ3v) is 2.42. The first kappa shape index (κ1) is 9.83. The maximum absolute atomic E-state index is 10.9. The van der Waals surface area contributed by atoms with Crippen molar-refractivity contribution in [2.24, 2.45) is 11.7 Å². The molecule has 0 atom stereocenters. The minimum Gasteiger partial charge on any atom is -0.507 e. The second-order valence-corrected chi connectivity index (χ2v) is 3.80. The number of hydrogen-bond donors (Lipinski definition) is 2. The van der Waals surface area contributed by atoms with E-state index in [2.05, 4.69) is 0 Å². The molecule has 1 amide bonds. The van der Waals surface area contributed by atoms with Crippen molar-refractivity contribution in [3.8, 4) is 11.5 Å². The molecule has 0 heterocycles. The third kappa shape index (κ3) is 2.40. The Kier molecular flexibility index (Phi) is 2.49. The van der Waals surface area contributed by atoms with Gasteiger partial charge < -0.3 is 15.6 Å². The monoisotopic (exact) mass is 207 g/mol. The Morgan fingerprint density at radius 2 is 2.27 bits per heavy atom. The van der Waals surface area contributed by atoms with Crippen LogP contribution in [-0.2, 0) is 0 Å². The summed E-state index contributed by atoms with van der Waals surface area (Å²) in [5.41, 5.74) is 5.20. The van der Waals surface area contributed by atoms with Crippen LogP contribution in [0.2, 0.25) is 0 Å². The summed E-state index contributed by atoms with van der Waals surface area (Å²) in [4.78, 5) is 10.9. The van der Waals surface area contributed by atoms with E-state index in [1.165, 1.54) is 25.0 Å². The van der Waals surface area contributed by atoms with Gasteiger partial charge in [0, 0.05) is 0 Å². The SMILES string of the molecule is NC(=O)c1cc(OCC2CC2)ccc1O. The van der Waals surface area contributed by atoms with E-state index in [4.69, 9.17) is 10.5 Å². The molecule has 4 nitrogen and oxygen atoms in total. The number of rotatable bonds is 4. The van der Waals surface area contributed by atoms with Crippen molar-refractivity contribution < 1.29 is 14.6 Å². The fraction of sp³-hybridized carbons (Fsp3) is 0.364. The van der Waals surface area contributed by atoms with E-state index < -0.39 is 5.91 Å². The molecule has 1 fully saturated rings. The summed E-state index contributed by atoms with van der Waals surface area (Å²) in [6, 6.07) is 4.52. The molecule has 1 aromatic rings. The van der Waals surface area contributed by atoms with E-state index in [1.54, 1.807) is 6.07 Å². The molecule has 15 heavy (non-hydrogen) atoms. The summed E-state index contributed by atoms with van der Waals surface area (Å²) in [7, 11) is 0. The van der Waals surface area contributed by atoms with Gasteiger partial charge in [0.2, 0.25) is 0 Å². The Hall–Kier alpha value is -1.71. The Balaban J connectivity index is 2.10. The van der Waals surface area contributed by atoms with Gasteiger partial charge in [-0.05, 0) is 37.0 Å². The van der Waals surface area contributed by atoms with E-state index in [0.29, 0.717) is 18.3 Å². The fourth-order valence-electron chi connectivity index (χ4n) is 1.30. The van der Waals surface area contributed by atoms with Gasteiger partial charge in [0.1, 0.15) is 11.5 Å². The van der Waals surface area contributed by atoms with Crippen LogP contribution in [-0.4, -0.2) is 17.6 Å². The topological polar surface area (TPSA) is 72.6 Å². The van der Waals surface area contributed by atoms with Crippen molar-refractivity contribution in [3.63, 3.8) is 0 Å². The molecule has 2 rings (SSSR count).